The molecule has 4 heteroatoms. The maximum Gasteiger partial charge on any atom is 0.357 e. The molecular formula is C15H22N2O2. The van der Waals surface area contributed by atoms with E-state index >= 15 is 0 Å². The molecule has 0 N–H and O–H groups in total. The van der Waals surface area contributed by atoms with Crippen LogP contribution in [0.2, 0.25) is 0 Å². The molecule has 0 aromatic carbocycles. The number of esters is 1. The Morgan fingerprint density at radius 2 is 2.16 bits per heavy atom. The van der Waals surface area contributed by atoms with Gasteiger partial charge in [0.05, 0.1) is 0 Å². The number of nitrogens with zero attached hydrogens (tertiary/aromatic N) is 2. The van der Waals surface area contributed by atoms with Gasteiger partial charge < -0.3 is 9.64 Å². The fourth-order valence-electron chi connectivity index (χ4n) is 2.30. The third kappa shape index (κ3) is 3.77. The van der Waals surface area contributed by atoms with Crippen molar-refractivity contribution in [2.75, 3.05) is 20.1 Å². The average Bonchev–Trinajstić information content (AvgIpc) is 2.74. The lowest BCUT2D eigenvalue weighted by Crippen LogP contribution is -2.24. The van der Waals surface area contributed by atoms with Crippen molar-refractivity contribution in [1.29, 1.82) is 0 Å². The minimum Gasteiger partial charge on any atom is -0.455 e. The number of carbonyl (C=O) groups is 1. The molecule has 2 rings (SSSR count). The molecule has 104 valence electrons. The lowest BCUT2D eigenvalue weighted by Gasteiger charge is -2.19. The van der Waals surface area contributed by atoms with E-state index in [4.69, 9.17) is 4.74 Å². The maximum atomic E-state index is 12.0. The van der Waals surface area contributed by atoms with E-state index in [2.05, 4.69) is 16.9 Å². The summed E-state index contributed by atoms with van der Waals surface area (Å²) in [6.45, 7) is 7.68. The number of aromatic nitrogens is 1. The van der Waals surface area contributed by atoms with Gasteiger partial charge in [0, 0.05) is 18.2 Å². The van der Waals surface area contributed by atoms with Crippen LogP contribution in [0.1, 0.15) is 49.3 Å². The van der Waals surface area contributed by atoms with Gasteiger partial charge in [0.25, 0.3) is 0 Å². The van der Waals surface area contributed by atoms with Crippen LogP contribution >= 0.6 is 0 Å². The van der Waals surface area contributed by atoms with E-state index in [-0.39, 0.29) is 5.97 Å². The molecule has 19 heavy (non-hydrogen) atoms. The maximum absolute atomic E-state index is 12.0. The summed E-state index contributed by atoms with van der Waals surface area (Å²) in [6.07, 6.45) is 1.10. The second-order valence-electron chi connectivity index (χ2n) is 6.20. The van der Waals surface area contributed by atoms with Crippen molar-refractivity contribution in [3.05, 3.63) is 29.6 Å². The van der Waals surface area contributed by atoms with Crippen LogP contribution in [0, 0.1) is 0 Å². The van der Waals surface area contributed by atoms with Crippen LogP contribution in [0.3, 0.4) is 0 Å². The number of carbonyl (C=O) groups excluding carboxylic acids is 1. The number of rotatable bonds is 2. The average molecular weight is 262 g/mol. The molecule has 4 nitrogen and oxygen atoms in total. The summed E-state index contributed by atoms with van der Waals surface area (Å²) in [7, 11) is 2.11. The van der Waals surface area contributed by atoms with Crippen LogP contribution < -0.4 is 0 Å². The minimum atomic E-state index is -0.484. The van der Waals surface area contributed by atoms with Gasteiger partial charge in [-0.2, -0.15) is 0 Å². The first-order valence-corrected chi connectivity index (χ1v) is 6.74. The quantitative estimate of drug-likeness (QED) is 0.768. The molecule has 0 radical (unpaired) electrons. The summed E-state index contributed by atoms with van der Waals surface area (Å²) in [6, 6.07) is 5.61. The zero-order valence-electron chi connectivity index (χ0n) is 12.1. The SMILES string of the molecule is CN1CCC(c2cccc(C(=O)OC(C)(C)C)n2)C1. The molecule has 0 amide bonds. The van der Waals surface area contributed by atoms with Gasteiger partial charge >= 0.3 is 5.97 Å². The van der Waals surface area contributed by atoms with Crippen molar-refractivity contribution in [3.63, 3.8) is 0 Å². The Morgan fingerprint density at radius 1 is 1.42 bits per heavy atom. The van der Waals surface area contributed by atoms with Gasteiger partial charge in [-0.05, 0) is 52.9 Å². The third-order valence-corrected chi connectivity index (χ3v) is 3.19. The van der Waals surface area contributed by atoms with Crippen LogP contribution in [-0.2, 0) is 4.74 Å². The predicted molar refractivity (Wildman–Crippen MR) is 74.3 cm³/mol. The van der Waals surface area contributed by atoms with Gasteiger partial charge in [-0.3, -0.25) is 0 Å². The molecule has 1 aromatic rings. The van der Waals surface area contributed by atoms with Gasteiger partial charge in [-0.25, -0.2) is 9.78 Å². The smallest absolute Gasteiger partial charge is 0.357 e. The number of hydrogen-bond donors (Lipinski definition) is 0. The topological polar surface area (TPSA) is 42.4 Å². The van der Waals surface area contributed by atoms with Crippen molar-refractivity contribution in [1.82, 2.24) is 9.88 Å². The van der Waals surface area contributed by atoms with Gasteiger partial charge in [0.15, 0.2) is 0 Å². The van der Waals surface area contributed by atoms with E-state index in [0.717, 1.165) is 25.2 Å². The number of pyridine rings is 1. The second kappa shape index (κ2) is 5.29. The van der Waals surface area contributed by atoms with Crippen molar-refractivity contribution in [2.24, 2.45) is 0 Å². The van der Waals surface area contributed by atoms with E-state index in [1.54, 1.807) is 6.07 Å². The first-order valence-electron chi connectivity index (χ1n) is 6.74. The van der Waals surface area contributed by atoms with E-state index in [1.165, 1.54) is 0 Å². The summed E-state index contributed by atoms with van der Waals surface area (Å²) in [5.41, 5.74) is 0.914. The van der Waals surface area contributed by atoms with Gasteiger partial charge in [0.1, 0.15) is 11.3 Å². The number of ether oxygens (including phenoxy) is 1. The molecule has 0 spiro atoms. The number of likely N-dealkylation sites (tertiary alicyclic amines) is 1. The number of likely N-dealkylation sites (N-methyl/N-ethyl adjacent to an activating group) is 1. The fourth-order valence-corrected chi connectivity index (χ4v) is 2.30. The summed E-state index contributed by atoms with van der Waals surface area (Å²) in [5.74, 6) is 0.0769. The predicted octanol–water partition coefficient (Wildman–Crippen LogP) is 2.46. The van der Waals surface area contributed by atoms with Crippen LogP contribution in [0.4, 0.5) is 0 Å². The number of hydrogen-bond acceptors (Lipinski definition) is 4. The van der Waals surface area contributed by atoms with Crippen LogP contribution in [-0.4, -0.2) is 41.6 Å². The van der Waals surface area contributed by atoms with Crippen molar-refractivity contribution >= 4 is 5.97 Å². The van der Waals surface area contributed by atoms with Gasteiger partial charge in [-0.1, -0.05) is 6.07 Å². The normalized spacial score (nSPS) is 20.5. The summed E-state index contributed by atoms with van der Waals surface area (Å²) >= 11 is 0. The van der Waals surface area contributed by atoms with E-state index in [9.17, 15) is 4.79 Å². The largest absolute Gasteiger partial charge is 0.455 e. The lowest BCUT2D eigenvalue weighted by molar-refractivity contribution is 0.00625. The minimum absolute atomic E-state index is 0.347. The van der Waals surface area contributed by atoms with Crippen LogP contribution in [0.25, 0.3) is 0 Å². The van der Waals surface area contributed by atoms with E-state index < -0.39 is 5.60 Å². The van der Waals surface area contributed by atoms with E-state index in [1.807, 2.05) is 32.9 Å². The zero-order chi connectivity index (χ0) is 14.0. The molecule has 1 saturated heterocycles. The van der Waals surface area contributed by atoms with Crippen molar-refractivity contribution < 1.29 is 9.53 Å². The van der Waals surface area contributed by atoms with E-state index in [0.29, 0.717) is 11.6 Å². The molecule has 2 heterocycles. The summed E-state index contributed by atoms with van der Waals surface area (Å²) in [5, 5.41) is 0. The standard InChI is InChI=1S/C15H22N2O2/c1-15(2,3)19-14(18)13-7-5-6-12(16-13)11-8-9-17(4)10-11/h5-7,11H,8-10H2,1-4H3. The lowest BCUT2D eigenvalue weighted by atomic mass is 10.0. The third-order valence-electron chi connectivity index (χ3n) is 3.19. The Morgan fingerprint density at radius 3 is 2.74 bits per heavy atom. The van der Waals surface area contributed by atoms with Crippen LogP contribution in [0.15, 0.2) is 18.2 Å². The first kappa shape index (κ1) is 14.0. The van der Waals surface area contributed by atoms with Crippen molar-refractivity contribution in [3.8, 4) is 0 Å². The first-order chi connectivity index (χ1) is 8.85. The van der Waals surface area contributed by atoms with Crippen LogP contribution in [0.5, 0.6) is 0 Å². The Balaban J connectivity index is 2.13. The fraction of sp³-hybridized carbons (Fsp3) is 0.600. The summed E-state index contributed by atoms with van der Waals surface area (Å²) in [4.78, 5) is 18.8. The Kier molecular flexibility index (Phi) is 3.90. The molecule has 1 unspecified atom stereocenters. The van der Waals surface area contributed by atoms with Crippen molar-refractivity contribution in [2.45, 2.75) is 38.7 Å². The monoisotopic (exact) mass is 262 g/mol. The molecule has 0 bridgehead atoms. The van der Waals surface area contributed by atoms with Gasteiger partial charge in [0.2, 0.25) is 0 Å². The highest BCUT2D eigenvalue weighted by Gasteiger charge is 2.24. The highest BCUT2D eigenvalue weighted by atomic mass is 16.6. The molecule has 1 atom stereocenters. The second-order valence-corrected chi connectivity index (χ2v) is 6.20. The Hall–Kier alpha value is -1.42. The van der Waals surface area contributed by atoms with Gasteiger partial charge in [-0.15, -0.1) is 0 Å². The highest BCUT2D eigenvalue weighted by molar-refractivity contribution is 5.87. The Labute approximate surface area is 114 Å². The molecule has 1 aromatic heterocycles. The molecule has 1 aliphatic heterocycles. The molecular weight excluding hydrogens is 240 g/mol. The molecule has 1 aliphatic rings. The highest BCUT2D eigenvalue weighted by Crippen LogP contribution is 2.25. The summed E-state index contributed by atoms with van der Waals surface area (Å²) < 4.78 is 5.35. The molecule has 1 fully saturated rings. The Bertz CT molecular complexity index is 465. The molecule has 0 aliphatic carbocycles. The molecule has 0 saturated carbocycles. The zero-order valence-corrected chi connectivity index (χ0v) is 12.1.